The summed E-state index contributed by atoms with van der Waals surface area (Å²) in [6.45, 7) is 11.2. The van der Waals surface area contributed by atoms with Gasteiger partial charge in [0.05, 0.1) is 11.0 Å². The molecule has 2 heterocycles. The molecule has 1 aliphatic rings. The summed E-state index contributed by atoms with van der Waals surface area (Å²) in [6.07, 6.45) is 2.50. The molecule has 1 fully saturated rings. The lowest BCUT2D eigenvalue weighted by atomic mass is 9.98. The number of rotatable bonds is 3. The zero-order chi connectivity index (χ0) is 15.0. The predicted molar refractivity (Wildman–Crippen MR) is 89.1 cm³/mol. The normalized spacial score (nSPS) is 19.8. The molecule has 1 N–H and O–H groups in total. The molecule has 0 spiro atoms. The standard InChI is InChI=1S/C18H27N3/c1-12(2)14-7-8-17-16(10-14)20-18(21(17)13(3)4)15-6-5-9-19-11-15/h7-8,10,12-13,15,19H,5-6,9,11H2,1-4H3. The van der Waals surface area contributed by atoms with Crippen molar-refractivity contribution in [2.45, 2.75) is 58.4 Å². The molecule has 0 bridgehead atoms. The minimum absolute atomic E-state index is 0.455. The van der Waals surface area contributed by atoms with Crippen LogP contribution in [0, 0.1) is 0 Å². The van der Waals surface area contributed by atoms with Gasteiger partial charge in [-0.1, -0.05) is 19.9 Å². The molecule has 2 aromatic rings. The Labute approximate surface area is 127 Å². The van der Waals surface area contributed by atoms with Crippen LogP contribution < -0.4 is 5.32 Å². The summed E-state index contributed by atoms with van der Waals surface area (Å²) in [4.78, 5) is 5.02. The fourth-order valence-electron chi connectivity index (χ4n) is 3.40. The topological polar surface area (TPSA) is 29.9 Å². The van der Waals surface area contributed by atoms with E-state index >= 15 is 0 Å². The van der Waals surface area contributed by atoms with Crippen molar-refractivity contribution in [1.82, 2.24) is 14.9 Å². The van der Waals surface area contributed by atoms with Crippen LogP contribution in [-0.2, 0) is 0 Å². The minimum atomic E-state index is 0.455. The maximum atomic E-state index is 5.02. The van der Waals surface area contributed by atoms with Gasteiger partial charge in [-0.2, -0.15) is 0 Å². The quantitative estimate of drug-likeness (QED) is 0.915. The van der Waals surface area contributed by atoms with E-state index in [0.717, 1.165) is 18.6 Å². The third-order valence-corrected chi connectivity index (χ3v) is 4.59. The summed E-state index contributed by atoms with van der Waals surface area (Å²) >= 11 is 0. The van der Waals surface area contributed by atoms with Crippen molar-refractivity contribution in [2.24, 2.45) is 0 Å². The number of nitrogens with zero attached hydrogens (tertiary/aromatic N) is 2. The highest BCUT2D eigenvalue weighted by Gasteiger charge is 2.23. The molecule has 21 heavy (non-hydrogen) atoms. The van der Waals surface area contributed by atoms with E-state index in [4.69, 9.17) is 4.98 Å². The minimum Gasteiger partial charge on any atom is -0.325 e. The third-order valence-electron chi connectivity index (χ3n) is 4.59. The van der Waals surface area contributed by atoms with E-state index in [9.17, 15) is 0 Å². The Kier molecular flexibility index (Phi) is 4.03. The summed E-state index contributed by atoms with van der Waals surface area (Å²) in [6, 6.07) is 7.25. The molecule has 0 amide bonds. The summed E-state index contributed by atoms with van der Waals surface area (Å²) in [5.41, 5.74) is 3.83. The summed E-state index contributed by atoms with van der Waals surface area (Å²) in [5, 5.41) is 3.52. The molecule has 3 nitrogen and oxygen atoms in total. The van der Waals surface area contributed by atoms with Crippen LogP contribution in [0.15, 0.2) is 18.2 Å². The molecular weight excluding hydrogens is 258 g/mol. The fraction of sp³-hybridized carbons (Fsp3) is 0.611. The molecule has 0 radical (unpaired) electrons. The van der Waals surface area contributed by atoms with Crippen LogP contribution in [0.1, 0.15) is 69.8 Å². The Morgan fingerprint density at radius 2 is 2.05 bits per heavy atom. The Morgan fingerprint density at radius 3 is 2.67 bits per heavy atom. The van der Waals surface area contributed by atoms with Gasteiger partial charge in [0.2, 0.25) is 0 Å². The first-order valence-corrected chi connectivity index (χ1v) is 8.30. The molecule has 0 aliphatic carbocycles. The van der Waals surface area contributed by atoms with E-state index in [1.807, 2.05) is 0 Å². The number of piperidine rings is 1. The van der Waals surface area contributed by atoms with Gasteiger partial charge < -0.3 is 9.88 Å². The van der Waals surface area contributed by atoms with Gasteiger partial charge in [-0.25, -0.2) is 4.98 Å². The number of nitrogens with one attached hydrogen (secondary N) is 1. The van der Waals surface area contributed by atoms with Crippen LogP contribution in [0.2, 0.25) is 0 Å². The first-order chi connectivity index (χ1) is 10.1. The van der Waals surface area contributed by atoms with Crippen molar-refractivity contribution in [3.63, 3.8) is 0 Å². The highest BCUT2D eigenvalue weighted by molar-refractivity contribution is 5.77. The van der Waals surface area contributed by atoms with Crippen molar-refractivity contribution >= 4 is 11.0 Å². The van der Waals surface area contributed by atoms with Crippen LogP contribution in [0.4, 0.5) is 0 Å². The molecule has 1 aliphatic heterocycles. The van der Waals surface area contributed by atoms with Crippen molar-refractivity contribution in [2.75, 3.05) is 13.1 Å². The van der Waals surface area contributed by atoms with Crippen molar-refractivity contribution in [3.05, 3.63) is 29.6 Å². The van der Waals surface area contributed by atoms with Crippen molar-refractivity contribution in [3.8, 4) is 0 Å². The molecular formula is C18H27N3. The summed E-state index contributed by atoms with van der Waals surface area (Å²) in [5.74, 6) is 2.38. The Hall–Kier alpha value is -1.35. The Morgan fingerprint density at radius 1 is 1.24 bits per heavy atom. The van der Waals surface area contributed by atoms with Gasteiger partial charge in [-0.05, 0) is 56.8 Å². The number of fused-ring (bicyclic) bond motifs is 1. The van der Waals surface area contributed by atoms with Gasteiger partial charge in [0.1, 0.15) is 5.82 Å². The largest absolute Gasteiger partial charge is 0.325 e. The number of benzene rings is 1. The van der Waals surface area contributed by atoms with Crippen LogP contribution in [0.3, 0.4) is 0 Å². The van der Waals surface area contributed by atoms with Crippen molar-refractivity contribution in [1.29, 1.82) is 0 Å². The molecule has 1 aromatic heterocycles. The molecule has 1 atom stereocenters. The maximum Gasteiger partial charge on any atom is 0.114 e. The SMILES string of the molecule is CC(C)c1ccc2c(c1)nc(C1CCCNC1)n2C(C)C. The average molecular weight is 285 g/mol. The molecule has 3 rings (SSSR count). The zero-order valence-corrected chi connectivity index (χ0v) is 13.7. The van der Waals surface area contributed by atoms with Gasteiger partial charge in [0, 0.05) is 18.5 Å². The molecule has 114 valence electrons. The zero-order valence-electron chi connectivity index (χ0n) is 13.7. The maximum absolute atomic E-state index is 5.02. The number of imidazole rings is 1. The van der Waals surface area contributed by atoms with Crippen LogP contribution in [0.25, 0.3) is 11.0 Å². The first-order valence-electron chi connectivity index (χ1n) is 8.30. The Balaban J connectivity index is 2.11. The Bertz CT molecular complexity index is 619. The third kappa shape index (κ3) is 2.71. The van der Waals surface area contributed by atoms with Gasteiger partial charge in [-0.15, -0.1) is 0 Å². The van der Waals surface area contributed by atoms with Gasteiger partial charge >= 0.3 is 0 Å². The van der Waals surface area contributed by atoms with Crippen LogP contribution in [-0.4, -0.2) is 22.6 Å². The molecule has 0 saturated carbocycles. The van der Waals surface area contributed by atoms with E-state index in [1.165, 1.54) is 29.7 Å². The summed E-state index contributed by atoms with van der Waals surface area (Å²) in [7, 11) is 0. The average Bonchev–Trinajstić information content (AvgIpc) is 2.86. The fourth-order valence-corrected chi connectivity index (χ4v) is 3.40. The molecule has 1 aromatic carbocycles. The van der Waals surface area contributed by atoms with E-state index in [-0.39, 0.29) is 0 Å². The van der Waals surface area contributed by atoms with Crippen LogP contribution in [0.5, 0.6) is 0 Å². The van der Waals surface area contributed by atoms with E-state index in [1.54, 1.807) is 0 Å². The lowest BCUT2D eigenvalue weighted by Crippen LogP contribution is -2.30. The monoisotopic (exact) mass is 285 g/mol. The lowest BCUT2D eigenvalue weighted by molar-refractivity contribution is 0.425. The lowest BCUT2D eigenvalue weighted by Gasteiger charge is -2.24. The second-order valence-corrected chi connectivity index (χ2v) is 6.88. The number of hydrogen-bond acceptors (Lipinski definition) is 2. The smallest absolute Gasteiger partial charge is 0.114 e. The van der Waals surface area contributed by atoms with E-state index < -0.39 is 0 Å². The second kappa shape index (κ2) is 5.80. The second-order valence-electron chi connectivity index (χ2n) is 6.88. The summed E-state index contributed by atoms with van der Waals surface area (Å²) < 4.78 is 2.44. The molecule has 3 heteroatoms. The van der Waals surface area contributed by atoms with Crippen LogP contribution >= 0.6 is 0 Å². The van der Waals surface area contributed by atoms with Gasteiger partial charge in [-0.3, -0.25) is 0 Å². The van der Waals surface area contributed by atoms with Gasteiger partial charge in [0.15, 0.2) is 0 Å². The first kappa shape index (κ1) is 14.6. The molecule has 1 saturated heterocycles. The number of hydrogen-bond donors (Lipinski definition) is 1. The van der Waals surface area contributed by atoms with E-state index in [2.05, 4.69) is 55.8 Å². The van der Waals surface area contributed by atoms with E-state index in [0.29, 0.717) is 17.9 Å². The van der Waals surface area contributed by atoms with Crippen molar-refractivity contribution < 1.29 is 0 Å². The predicted octanol–water partition coefficient (Wildman–Crippen LogP) is 4.21. The molecule has 1 unspecified atom stereocenters. The van der Waals surface area contributed by atoms with Gasteiger partial charge in [0.25, 0.3) is 0 Å². The highest BCUT2D eigenvalue weighted by Crippen LogP contribution is 2.31. The number of aromatic nitrogens is 2. The highest BCUT2D eigenvalue weighted by atomic mass is 15.1.